The lowest BCUT2D eigenvalue weighted by molar-refractivity contribution is 0.102. The second kappa shape index (κ2) is 11.2. The van der Waals surface area contributed by atoms with Crippen molar-refractivity contribution in [3.8, 4) is 22.4 Å². The molecule has 7 nitrogen and oxygen atoms in total. The number of aromatic nitrogens is 5. The predicted molar refractivity (Wildman–Crippen MR) is 134 cm³/mol. The summed E-state index contributed by atoms with van der Waals surface area (Å²) >= 11 is 1.26. The van der Waals surface area contributed by atoms with Gasteiger partial charge in [0.1, 0.15) is 12.1 Å². The number of H-pyrrole nitrogens is 1. The van der Waals surface area contributed by atoms with Crippen LogP contribution in [0.3, 0.4) is 0 Å². The molecule has 5 aromatic rings. The number of halogens is 4. The first kappa shape index (κ1) is 26.1. The van der Waals surface area contributed by atoms with Crippen LogP contribution in [-0.2, 0) is 0 Å². The largest absolute Gasteiger partial charge is 0.298 e. The highest BCUT2D eigenvalue weighted by Gasteiger charge is 2.16. The molecule has 2 aromatic carbocycles. The molecule has 0 radical (unpaired) electrons. The molecule has 0 aliphatic rings. The maximum Gasteiger partial charge on any atom is 0.260 e. The van der Waals surface area contributed by atoms with Crippen molar-refractivity contribution in [2.24, 2.45) is 0 Å². The Morgan fingerprint density at radius 2 is 1.79 bits per heavy atom. The molecule has 1 amide bonds. The molecule has 3 heterocycles. The molecule has 0 saturated heterocycles. The Hall–Kier alpha value is -3.11. The van der Waals surface area contributed by atoms with Gasteiger partial charge in [-0.25, -0.2) is 19.3 Å². The third kappa shape index (κ3) is 5.28. The van der Waals surface area contributed by atoms with Crippen molar-refractivity contribution in [1.82, 2.24) is 25.1 Å². The molecular formula is C21H16Cl3FN6OS. The van der Waals surface area contributed by atoms with E-state index in [0.717, 1.165) is 22.0 Å². The van der Waals surface area contributed by atoms with Crippen molar-refractivity contribution < 1.29 is 9.18 Å². The first-order valence-corrected chi connectivity index (χ1v) is 9.82. The fourth-order valence-corrected chi connectivity index (χ4v) is 3.70. The fraction of sp³-hybridized carbons (Fsp3) is 0. The number of hydrogen-bond acceptors (Lipinski definition) is 6. The number of nitrogens with one attached hydrogen (secondary N) is 2. The first-order chi connectivity index (χ1) is 14.7. The molecule has 2 N–H and O–H groups in total. The minimum atomic E-state index is -0.620. The number of benzene rings is 2. The van der Waals surface area contributed by atoms with Gasteiger partial charge in [0.25, 0.3) is 5.91 Å². The summed E-state index contributed by atoms with van der Waals surface area (Å²) in [6.45, 7) is 0. The van der Waals surface area contributed by atoms with Gasteiger partial charge in [0.2, 0.25) is 0 Å². The summed E-state index contributed by atoms with van der Waals surface area (Å²) in [5.41, 5.74) is 3.74. The van der Waals surface area contributed by atoms with Gasteiger partial charge < -0.3 is 0 Å². The minimum absolute atomic E-state index is 0. The van der Waals surface area contributed by atoms with E-state index in [1.54, 1.807) is 30.0 Å². The zero-order valence-electron chi connectivity index (χ0n) is 16.6. The Bertz CT molecular complexity index is 1370. The molecule has 12 heteroatoms. The van der Waals surface area contributed by atoms with Crippen molar-refractivity contribution in [1.29, 1.82) is 0 Å². The molecule has 0 saturated carbocycles. The number of carbonyl (C=O) groups is 1. The summed E-state index contributed by atoms with van der Waals surface area (Å²) in [6, 6.07) is 10.1. The molecule has 5 rings (SSSR count). The number of aromatic amines is 1. The molecule has 3 aromatic heterocycles. The quantitative estimate of drug-likeness (QED) is 0.309. The lowest BCUT2D eigenvalue weighted by Gasteiger charge is -2.09. The van der Waals surface area contributed by atoms with Crippen LogP contribution in [0.5, 0.6) is 0 Å². The van der Waals surface area contributed by atoms with Crippen LogP contribution in [0.4, 0.5) is 9.52 Å². The van der Waals surface area contributed by atoms with Crippen molar-refractivity contribution >= 4 is 70.5 Å². The molecule has 0 bridgehead atoms. The van der Waals surface area contributed by atoms with Crippen molar-refractivity contribution in [3.63, 3.8) is 0 Å². The van der Waals surface area contributed by atoms with E-state index in [1.165, 1.54) is 29.8 Å². The monoisotopic (exact) mass is 524 g/mol. The highest BCUT2D eigenvalue weighted by molar-refractivity contribution is 7.13. The van der Waals surface area contributed by atoms with Gasteiger partial charge in [-0.15, -0.1) is 48.6 Å². The number of anilines is 1. The topological polar surface area (TPSA) is 96.5 Å². The van der Waals surface area contributed by atoms with Crippen LogP contribution in [0.1, 0.15) is 10.4 Å². The maximum absolute atomic E-state index is 14.4. The average molecular weight is 526 g/mol. The van der Waals surface area contributed by atoms with E-state index in [1.807, 2.05) is 18.2 Å². The van der Waals surface area contributed by atoms with E-state index in [4.69, 9.17) is 0 Å². The zero-order chi connectivity index (χ0) is 20.5. The number of thiazole rings is 1. The van der Waals surface area contributed by atoms with Crippen LogP contribution in [0.15, 0.2) is 66.7 Å². The minimum Gasteiger partial charge on any atom is -0.298 e. The van der Waals surface area contributed by atoms with Crippen molar-refractivity contribution in [3.05, 3.63) is 78.1 Å². The van der Waals surface area contributed by atoms with Gasteiger partial charge in [0, 0.05) is 34.3 Å². The molecule has 0 aliphatic carbocycles. The smallest absolute Gasteiger partial charge is 0.260 e. The molecule has 0 fully saturated rings. The third-order valence-electron chi connectivity index (χ3n) is 4.60. The number of carbonyl (C=O) groups excluding carboxylic acids is 1. The first-order valence-electron chi connectivity index (χ1n) is 8.94. The Balaban J connectivity index is 0.00000128. The Kier molecular flexibility index (Phi) is 8.84. The highest BCUT2D eigenvalue weighted by Crippen LogP contribution is 2.30. The number of rotatable bonds is 4. The van der Waals surface area contributed by atoms with E-state index >= 15 is 0 Å². The summed E-state index contributed by atoms with van der Waals surface area (Å²) in [7, 11) is 0. The summed E-state index contributed by atoms with van der Waals surface area (Å²) in [5.74, 6) is -1.19. The lowest BCUT2D eigenvalue weighted by Crippen LogP contribution is -2.13. The van der Waals surface area contributed by atoms with E-state index in [0.29, 0.717) is 16.4 Å². The van der Waals surface area contributed by atoms with E-state index in [-0.39, 0.29) is 42.8 Å². The number of amides is 1. The standard InChI is InChI=1S/C21H13FN6OS.3ClH/c22-17-3-1-13(8-15(17)20(29)28-21-23-5-6-30-21)19-16-7-12(14-9-26-27-10-14)2-4-18(16)24-11-25-19;;;/h1-11H,(H,26,27)(H,23,28,29);3*1H. The van der Waals surface area contributed by atoms with Gasteiger partial charge in [-0.2, -0.15) is 5.10 Å². The Morgan fingerprint density at radius 1 is 0.970 bits per heavy atom. The average Bonchev–Trinajstić information content (AvgIpc) is 3.48. The van der Waals surface area contributed by atoms with Crippen LogP contribution in [0, 0.1) is 5.82 Å². The summed E-state index contributed by atoms with van der Waals surface area (Å²) in [5, 5.41) is 12.3. The number of nitrogens with zero attached hydrogens (tertiary/aromatic N) is 4. The van der Waals surface area contributed by atoms with Gasteiger partial charge in [0.05, 0.1) is 23.0 Å². The van der Waals surface area contributed by atoms with Gasteiger partial charge in [0.15, 0.2) is 5.13 Å². The molecule has 0 atom stereocenters. The molecule has 170 valence electrons. The van der Waals surface area contributed by atoms with Crippen LogP contribution in [-0.4, -0.2) is 31.1 Å². The third-order valence-corrected chi connectivity index (χ3v) is 5.29. The van der Waals surface area contributed by atoms with Gasteiger partial charge in [-0.3, -0.25) is 15.2 Å². The molecule has 0 aliphatic heterocycles. The van der Waals surface area contributed by atoms with Crippen molar-refractivity contribution in [2.75, 3.05) is 5.32 Å². The van der Waals surface area contributed by atoms with E-state index in [9.17, 15) is 9.18 Å². The fourth-order valence-electron chi connectivity index (χ4n) is 3.17. The normalized spacial score (nSPS) is 9.97. The Morgan fingerprint density at radius 3 is 2.52 bits per heavy atom. The Labute approximate surface area is 210 Å². The second-order valence-electron chi connectivity index (χ2n) is 6.43. The number of fused-ring (bicyclic) bond motifs is 1. The van der Waals surface area contributed by atoms with Crippen LogP contribution in [0.25, 0.3) is 33.3 Å². The van der Waals surface area contributed by atoms with Gasteiger partial charge >= 0.3 is 0 Å². The van der Waals surface area contributed by atoms with Gasteiger partial charge in [-0.1, -0.05) is 6.07 Å². The maximum atomic E-state index is 14.4. The highest BCUT2D eigenvalue weighted by atomic mass is 35.5. The molecule has 0 unspecified atom stereocenters. The van der Waals surface area contributed by atoms with Crippen LogP contribution in [0.2, 0.25) is 0 Å². The molecule has 33 heavy (non-hydrogen) atoms. The van der Waals surface area contributed by atoms with E-state index < -0.39 is 11.7 Å². The molecule has 0 spiro atoms. The SMILES string of the molecule is Cl.Cl.Cl.O=C(Nc1nccs1)c1cc(-c2ncnc3ccc(-c4cn[nH]c4)cc23)ccc1F. The summed E-state index contributed by atoms with van der Waals surface area (Å²) in [6.07, 6.45) is 6.54. The molecular weight excluding hydrogens is 510 g/mol. The predicted octanol–water partition coefficient (Wildman–Crippen LogP) is 5.80. The number of hydrogen-bond donors (Lipinski definition) is 2. The van der Waals surface area contributed by atoms with Crippen LogP contribution >= 0.6 is 48.6 Å². The van der Waals surface area contributed by atoms with Gasteiger partial charge in [-0.05, 0) is 35.9 Å². The van der Waals surface area contributed by atoms with E-state index in [2.05, 4.69) is 30.5 Å². The summed E-state index contributed by atoms with van der Waals surface area (Å²) in [4.78, 5) is 25.3. The summed E-state index contributed by atoms with van der Waals surface area (Å²) < 4.78 is 14.4. The van der Waals surface area contributed by atoms with Crippen LogP contribution < -0.4 is 5.32 Å². The second-order valence-corrected chi connectivity index (χ2v) is 7.32. The lowest BCUT2D eigenvalue weighted by atomic mass is 10.0. The zero-order valence-corrected chi connectivity index (χ0v) is 19.8. The van der Waals surface area contributed by atoms with Crippen molar-refractivity contribution in [2.45, 2.75) is 0 Å².